The number of nitrogens with zero attached hydrogens (tertiary/aromatic N) is 2. The molecule has 0 radical (unpaired) electrons. The summed E-state index contributed by atoms with van der Waals surface area (Å²) in [5.74, 6) is -0.439. The minimum atomic E-state index is -0.516. The van der Waals surface area contributed by atoms with E-state index in [1.165, 1.54) is 0 Å². The van der Waals surface area contributed by atoms with E-state index in [4.69, 9.17) is 23.2 Å². The normalized spacial score (nSPS) is 15.5. The number of hydrogen-bond acceptors (Lipinski definition) is 2. The van der Waals surface area contributed by atoms with Gasteiger partial charge in [-0.15, -0.1) is 0 Å². The van der Waals surface area contributed by atoms with Gasteiger partial charge in [0.1, 0.15) is 5.70 Å². The molecule has 2 heterocycles. The van der Waals surface area contributed by atoms with E-state index in [1.54, 1.807) is 42.5 Å². The van der Waals surface area contributed by atoms with E-state index in [0.29, 0.717) is 15.7 Å². The van der Waals surface area contributed by atoms with Crippen LogP contribution in [-0.4, -0.2) is 16.5 Å². The zero-order valence-corrected chi connectivity index (χ0v) is 15.4. The van der Waals surface area contributed by atoms with Crippen molar-refractivity contribution in [1.29, 1.82) is 0 Å². The molecule has 0 spiro atoms. The van der Waals surface area contributed by atoms with Crippen molar-refractivity contribution in [1.82, 2.24) is 9.88 Å². The average Bonchev–Trinajstić information content (AvgIpc) is 3.20. The maximum atomic E-state index is 12.8. The highest BCUT2D eigenvalue weighted by atomic mass is 35.5. The SMILES string of the molecule is O=C1N/C(=C/c2cccn2-c2ccc(Cl)cc2)C(=O)N1c1cccc(Cl)c1. The Labute approximate surface area is 165 Å². The maximum absolute atomic E-state index is 12.8. The third-order valence-corrected chi connectivity index (χ3v) is 4.61. The summed E-state index contributed by atoms with van der Waals surface area (Å²) < 4.78 is 1.89. The Balaban J connectivity index is 1.68. The molecule has 1 N–H and O–H groups in total. The molecule has 0 unspecified atom stereocenters. The van der Waals surface area contributed by atoms with Gasteiger partial charge in [0.05, 0.1) is 5.69 Å². The summed E-state index contributed by atoms with van der Waals surface area (Å²) in [7, 11) is 0. The van der Waals surface area contributed by atoms with Crippen LogP contribution in [0.5, 0.6) is 0 Å². The molecule has 27 heavy (non-hydrogen) atoms. The zero-order valence-electron chi connectivity index (χ0n) is 13.9. The lowest BCUT2D eigenvalue weighted by molar-refractivity contribution is -0.113. The maximum Gasteiger partial charge on any atom is 0.333 e. The molecule has 2 aromatic carbocycles. The zero-order chi connectivity index (χ0) is 19.0. The monoisotopic (exact) mass is 397 g/mol. The number of anilines is 1. The van der Waals surface area contributed by atoms with Crippen LogP contribution in [0.4, 0.5) is 10.5 Å². The van der Waals surface area contributed by atoms with Gasteiger partial charge < -0.3 is 9.88 Å². The number of benzene rings is 2. The summed E-state index contributed by atoms with van der Waals surface area (Å²) in [5.41, 5.74) is 2.24. The number of aromatic nitrogens is 1. The van der Waals surface area contributed by atoms with Gasteiger partial charge in [0.15, 0.2) is 0 Å². The second kappa shape index (κ2) is 6.95. The smallest absolute Gasteiger partial charge is 0.317 e. The van der Waals surface area contributed by atoms with Crippen molar-refractivity contribution in [2.24, 2.45) is 0 Å². The topological polar surface area (TPSA) is 54.3 Å². The molecule has 1 aliphatic heterocycles. The lowest BCUT2D eigenvalue weighted by Gasteiger charge is -2.11. The molecule has 0 saturated carbocycles. The van der Waals surface area contributed by atoms with Crippen LogP contribution in [0.15, 0.2) is 72.6 Å². The van der Waals surface area contributed by atoms with E-state index < -0.39 is 11.9 Å². The standard InChI is InChI=1S/C20H13Cl2N3O2/c21-13-6-8-15(9-7-13)24-10-2-5-16(24)12-18-19(26)25(20(27)23-18)17-4-1-3-14(22)11-17/h1-12H,(H,23,27)/b18-12+. The number of halogens is 2. The van der Waals surface area contributed by atoms with Crippen LogP contribution >= 0.6 is 23.2 Å². The van der Waals surface area contributed by atoms with Crippen LogP contribution in [-0.2, 0) is 4.79 Å². The average molecular weight is 398 g/mol. The molecule has 4 rings (SSSR count). The Morgan fingerprint density at radius 1 is 0.852 bits per heavy atom. The van der Waals surface area contributed by atoms with Gasteiger partial charge in [0.25, 0.3) is 5.91 Å². The molecule has 0 bridgehead atoms. The van der Waals surface area contributed by atoms with Crippen molar-refractivity contribution in [2.75, 3.05) is 4.90 Å². The van der Waals surface area contributed by atoms with Crippen LogP contribution < -0.4 is 10.2 Å². The van der Waals surface area contributed by atoms with Gasteiger partial charge >= 0.3 is 6.03 Å². The quantitative estimate of drug-likeness (QED) is 0.505. The molecular weight excluding hydrogens is 385 g/mol. The van der Waals surface area contributed by atoms with Gasteiger partial charge in [-0.3, -0.25) is 4.79 Å². The first-order valence-corrected chi connectivity index (χ1v) is 8.84. The van der Waals surface area contributed by atoms with E-state index >= 15 is 0 Å². The van der Waals surface area contributed by atoms with Crippen molar-refractivity contribution in [3.63, 3.8) is 0 Å². The number of urea groups is 1. The van der Waals surface area contributed by atoms with Crippen molar-refractivity contribution in [2.45, 2.75) is 0 Å². The molecule has 5 nitrogen and oxygen atoms in total. The third kappa shape index (κ3) is 3.35. The van der Waals surface area contributed by atoms with Gasteiger partial charge in [-0.25, -0.2) is 9.69 Å². The summed E-state index contributed by atoms with van der Waals surface area (Å²) >= 11 is 11.9. The van der Waals surface area contributed by atoms with Gasteiger partial charge in [-0.1, -0.05) is 29.3 Å². The highest BCUT2D eigenvalue weighted by Gasteiger charge is 2.35. The first-order chi connectivity index (χ1) is 13.0. The van der Waals surface area contributed by atoms with Crippen molar-refractivity contribution < 1.29 is 9.59 Å². The summed E-state index contributed by atoms with van der Waals surface area (Å²) in [6.45, 7) is 0. The molecule has 3 amide bonds. The van der Waals surface area contributed by atoms with E-state index in [-0.39, 0.29) is 5.70 Å². The molecule has 1 aliphatic rings. The van der Waals surface area contributed by atoms with Gasteiger partial charge in [0.2, 0.25) is 0 Å². The van der Waals surface area contributed by atoms with Crippen LogP contribution in [0.3, 0.4) is 0 Å². The molecule has 0 aliphatic carbocycles. The number of carbonyl (C=O) groups is 2. The Kier molecular flexibility index (Phi) is 4.48. The first kappa shape index (κ1) is 17.4. The second-order valence-corrected chi connectivity index (χ2v) is 6.76. The molecule has 1 saturated heterocycles. The number of carbonyl (C=O) groups excluding carboxylic acids is 2. The largest absolute Gasteiger partial charge is 0.333 e. The Morgan fingerprint density at radius 2 is 1.63 bits per heavy atom. The number of hydrogen-bond donors (Lipinski definition) is 1. The number of imide groups is 1. The number of amides is 3. The highest BCUT2D eigenvalue weighted by Crippen LogP contribution is 2.25. The molecular formula is C20H13Cl2N3O2. The summed E-state index contributed by atoms with van der Waals surface area (Å²) in [5, 5.41) is 3.71. The van der Waals surface area contributed by atoms with Crippen molar-refractivity contribution in [3.8, 4) is 5.69 Å². The minimum Gasteiger partial charge on any atom is -0.317 e. The molecule has 7 heteroatoms. The number of nitrogens with one attached hydrogen (secondary N) is 1. The van der Waals surface area contributed by atoms with Crippen LogP contribution in [0, 0.1) is 0 Å². The Hall–Kier alpha value is -3.02. The highest BCUT2D eigenvalue weighted by molar-refractivity contribution is 6.32. The van der Waals surface area contributed by atoms with E-state index in [1.807, 2.05) is 35.0 Å². The molecule has 0 atom stereocenters. The first-order valence-electron chi connectivity index (χ1n) is 8.09. The van der Waals surface area contributed by atoms with E-state index in [9.17, 15) is 9.59 Å². The predicted molar refractivity (Wildman–Crippen MR) is 106 cm³/mol. The summed E-state index contributed by atoms with van der Waals surface area (Å²) in [6, 6.07) is 17.1. The Morgan fingerprint density at radius 3 is 2.37 bits per heavy atom. The summed E-state index contributed by atoms with van der Waals surface area (Å²) in [4.78, 5) is 26.1. The van der Waals surface area contributed by atoms with Gasteiger partial charge in [-0.05, 0) is 60.7 Å². The second-order valence-electron chi connectivity index (χ2n) is 5.89. The molecule has 3 aromatic rings. The minimum absolute atomic E-state index is 0.189. The fourth-order valence-electron chi connectivity index (χ4n) is 2.88. The van der Waals surface area contributed by atoms with E-state index in [0.717, 1.165) is 16.3 Å². The Bertz CT molecular complexity index is 1070. The molecule has 1 fully saturated rings. The molecule has 1 aromatic heterocycles. The third-order valence-electron chi connectivity index (χ3n) is 4.12. The van der Waals surface area contributed by atoms with Gasteiger partial charge in [0, 0.05) is 27.6 Å². The van der Waals surface area contributed by atoms with Crippen molar-refractivity contribution >= 4 is 46.9 Å². The van der Waals surface area contributed by atoms with Crippen molar-refractivity contribution in [3.05, 3.63) is 88.3 Å². The lowest BCUT2D eigenvalue weighted by Crippen LogP contribution is -2.30. The predicted octanol–water partition coefficient (Wildman–Crippen LogP) is 4.88. The van der Waals surface area contributed by atoms with E-state index in [2.05, 4.69) is 5.32 Å². The fourth-order valence-corrected chi connectivity index (χ4v) is 3.19. The number of rotatable bonds is 3. The molecule has 134 valence electrons. The summed E-state index contributed by atoms with van der Waals surface area (Å²) in [6.07, 6.45) is 3.50. The van der Waals surface area contributed by atoms with Crippen LogP contribution in [0.2, 0.25) is 10.0 Å². The fraction of sp³-hybridized carbons (Fsp3) is 0. The van der Waals surface area contributed by atoms with Crippen LogP contribution in [0.25, 0.3) is 11.8 Å². The van der Waals surface area contributed by atoms with Gasteiger partial charge in [-0.2, -0.15) is 0 Å². The van der Waals surface area contributed by atoms with Crippen LogP contribution in [0.1, 0.15) is 5.69 Å². The lowest BCUT2D eigenvalue weighted by atomic mass is 10.2.